The van der Waals surface area contributed by atoms with E-state index in [-0.39, 0.29) is 6.61 Å². The van der Waals surface area contributed by atoms with Crippen LogP contribution >= 0.6 is 0 Å². The topological polar surface area (TPSA) is 67.8 Å². The SMILES string of the molecule is BC1(O)BC(B)(C(B)(B)NC(=O)OCc2ccccc2)O1. The Hall–Kier alpha value is -1.27. The van der Waals surface area contributed by atoms with Gasteiger partial charge in [-0.2, -0.15) is 0 Å². The predicted octanol–water partition coefficient (Wildman–Crippen LogP) is -4.18. The van der Waals surface area contributed by atoms with E-state index in [0.717, 1.165) is 5.56 Å². The lowest BCUT2D eigenvalue weighted by Crippen LogP contribution is -2.82. The van der Waals surface area contributed by atoms with Gasteiger partial charge in [0.25, 0.3) is 0 Å². The van der Waals surface area contributed by atoms with Crippen molar-refractivity contribution >= 4 is 44.8 Å². The molecule has 1 aromatic rings. The van der Waals surface area contributed by atoms with Crippen molar-refractivity contribution in [2.24, 2.45) is 0 Å². The Labute approximate surface area is 129 Å². The molecule has 0 radical (unpaired) electrons. The van der Waals surface area contributed by atoms with E-state index in [9.17, 15) is 9.90 Å². The Kier molecular flexibility index (Phi) is 4.22. The standard InChI is InChI=1S/C11H18B5NO4/c12-9(13,10(14)16-11(15,19)21-10)17-8(18)20-6-7-4-2-1-3-5-7/h1-5,16,19H,6,12-15H2,(H,17,18). The molecule has 1 fully saturated rings. The molecule has 0 aliphatic carbocycles. The molecule has 10 heteroatoms. The van der Waals surface area contributed by atoms with Crippen LogP contribution in [-0.4, -0.2) is 66.2 Å². The summed E-state index contributed by atoms with van der Waals surface area (Å²) in [4.78, 5) is 11.9. The normalized spacial score (nSPS) is 28.0. The molecule has 1 saturated heterocycles. The summed E-state index contributed by atoms with van der Waals surface area (Å²) >= 11 is 0. The second-order valence-corrected chi connectivity index (χ2v) is 6.50. The van der Waals surface area contributed by atoms with Gasteiger partial charge in [-0.3, -0.25) is 0 Å². The van der Waals surface area contributed by atoms with Gasteiger partial charge in [0.1, 0.15) is 30.1 Å². The van der Waals surface area contributed by atoms with Gasteiger partial charge in [-0.1, -0.05) is 30.3 Å². The summed E-state index contributed by atoms with van der Waals surface area (Å²) in [7, 11) is 7.63. The van der Waals surface area contributed by atoms with Gasteiger partial charge < -0.3 is 19.9 Å². The molecule has 5 nitrogen and oxygen atoms in total. The first-order chi connectivity index (χ1) is 9.64. The third kappa shape index (κ3) is 3.68. The maximum Gasteiger partial charge on any atom is 0.406 e. The number of nitrogens with one attached hydrogen (secondary N) is 1. The number of carbonyl (C=O) groups excluding carboxylic acids is 1. The van der Waals surface area contributed by atoms with E-state index in [2.05, 4.69) is 5.32 Å². The predicted molar refractivity (Wildman–Crippen MR) is 92.6 cm³/mol. The minimum atomic E-state index is -1.12. The molecule has 21 heavy (non-hydrogen) atoms. The number of aliphatic hydroxyl groups is 1. The van der Waals surface area contributed by atoms with Gasteiger partial charge in [0.15, 0.2) is 7.85 Å². The molecule has 0 spiro atoms. The first kappa shape index (κ1) is 16.1. The van der Waals surface area contributed by atoms with Crippen LogP contribution in [0.5, 0.6) is 0 Å². The van der Waals surface area contributed by atoms with Gasteiger partial charge >= 0.3 is 6.09 Å². The fourth-order valence-electron chi connectivity index (χ4n) is 2.60. The first-order valence-electron chi connectivity index (χ1n) is 7.05. The summed E-state index contributed by atoms with van der Waals surface area (Å²) in [5.74, 6) is 0. The third-order valence-corrected chi connectivity index (χ3v) is 4.06. The van der Waals surface area contributed by atoms with Crippen molar-refractivity contribution in [2.45, 2.75) is 22.9 Å². The minimum Gasteiger partial charge on any atom is -0.445 e. The highest BCUT2D eigenvalue weighted by Crippen LogP contribution is 2.33. The van der Waals surface area contributed by atoms with Gasteiger partial charge in [0.2, 0.25) is 7.28 Å². The number of alkyl carbamates (subject to hydrolysis) is 1. The molecule has 106 valence electrons. The van der Waals surface area contributed by atoms with Crippen LogP contribution in [-0.2, 0) is 16.1 Å². The van der Waals surface area contributed by atoms with E-state index < -0.39 is 22.4 Å². The van der Waals surface area contributed by atoms with Crippen LogP contribution < -0.4 is 5.32 Å². The number of ether oxygens (including phenoxy) is 2. The molecule has 2 rings (SSSR count). The molecule has 1 aliphatic rings. The number of hydrogen-bond acceptors (Lipinski definition) is 4. The minimum absolute atomic E-state index is 0.220. The van der Waals surface area contributed by atoms with Crippen LogP contribution in [0, 0.1) is 0 Å². The van der Waals surface area contributed by atoms with Crippen molar-refractivity contribution in [3.8, 4) is 0 Å². The lowest BCUT2D eigenvalue weighted by molar-refractivity contribution is -0.162. The van der Waals surface area contributed by atoms with Crippen LogP contribution in [0.1, 0.15) is 5.56 Å². The average Bonchev–Trinajstić information content (AvgIpc) is 2.34. The third-order valence-electron chi connectivity index (χ3n) is 4.06. The fourth-order valence-corrected chi connectivity index (χ4v) is 2.60. The van der Waals surface area contributed by atoms with E-state index >= 15 is 0 Å². The van der Waals surface area contributed by atoms with Crippen LogP contribution in [0.4, 0.5) is 4.79 Å². The molecular weight excluding hydrogens is 264 g/mol. The van der Waals surface area contributed by atoms with Crippen molar-refractivity contribution in [1.29, 1.82) is 0 Å². The Morgan fingerprint density at radius 1 is 1.38 bits per heavy atom. The second-order valence-electron chi connectivity index (χ2n) is 6.50. The summed E-state index contributed by atoms with van der Waals surface area (Å²) in [5, 5.41) is 11.3. The van der Waals surface area contributed by atoms with Gasteiger partial charge in [0, 0.05) is 5.40 Å². The highest BCUT2D eigenvalue weighted by Gasteiger charge is 2.58. The molecule has 2 atom stereocenters. The van der Waals surface area contributed by atoms with Gasteiger partial charge in [-0.15, -0.1) is 0 Å². The number of rotatable bonds is 4. The molecule has 1 amide bonds. The zero-order valence-corrected chi connectivity index (χ0v) is 13.0. The summed E-state index contributed by atoms with van der Waals surface area (Å²) in [6.45, 7) is 0.220. The van der Waals surface area contributed by atoms with Gasteiger partial charge in [-0.05, 0) is 10.9 Å². The molecule has 1 aromatic carbocycles. The summed E-state index contributed by atoms with van der Waals surface area (Å²) in [6, 6.07) is 9.49. The quantitative estimate of drug-likeness (QED) is 0.550. The first-order valence-corrected chi connectivity index (χ1v) is 7.05. The Morgan fingerprint density at radius 2 is 1.95 bits per heavy atom. The molecule has 1 aliphatic heterocycles. The molecule has 0 aromatic heterocycles. The number of benzene rings is 1. The van der Waals surface area contributed by atoms with Crippen LogP contribution in [0.2, 0.25) is 0 Å². The van der Waals surface area contributed by atoms with E-state index in [1.54, 1.807) is 7.85 Å². The molecule has 1 heterocycles. The van der Waals surface area contributed by atoms with Crippen molar-refractivity contribution in [3.63, 3.8) is 0 Å². The summed E-state index contributed by atoms with van der Waals surface area (Å²) < 4.78 is 10.7. The van der Waals surface area contributed by atoms with Crippen molar-refractivity contribution in [1.82, 2.24) is 5.32 Å². The summed E-state index contributed by atoms with van der Waals surface area (Å²) in [5.41, 5.74) is -0.193. The molecule has 2 unspecified atom stereocenters. The van der Waals surface area contributed by atoms with E-state index in [0.29, 0.717) is 7.28 Å². The molecule has 0 saturated carbocycles. The fraction of sp³-hybridized carbons (Fsp3) is 0.364. The second kappa shape index (κ2) is 5.50. The Morgan fingerprint density at radius 3 is 2.48 bits per heavy atom. The lowest BCUT2D eigenvalue weighted by Gasteiger charge is -2.58. The van der Waals surface area contributed by atoms with Gasteiger partial charge in [-0.25, -0.2) is 4.79 Å². The van der Waals surface area contributed by atoms with E-state index in [1.165, 1.54) is 0 Å². The monoisotopic (exact) mass is 283 g/mol. The van der Waals surface area contributed by atoms with Crippen LogP contribution in [0.15, 0.2) is 30.3 Å². The Bertz CT molecular complexity index is 517. The molecule has 2 N–H and O–H groups in total. The van der Waals surface area contributed by atoms with Crippen LogP contribution in [0.3, 0.4) is 0 Å². The smallest absolute Gasteiger partial charge is 0.406 e. The van der Waals surface area contributed by atoms with Crippen molar-refractivity contribution < 1.29 is 19.4 Å². The number of carbonyl (C=O) groups is 1. The van der Waals surface area contributed by atoms with Crippen LogP contribution in [0.25, 0.3) is 0 Å². The maximum absolute atomic E-state index is 11.9. The lowest BCUT2D eigenvalue weighted by atomic mass is 9.25. The largest absolute Gasteiger partial charge is 0.445 e. The van der Waals surface area contributed by atoms with E-state index in [1.807, 2.05) is 53.9 Å². The highest BCUT2D eigenvalue weighted by molar-refractivity contribution is 6.70. The van der Waals surface area contributed by atoms with Crippen molar-refractivity contribution in [2.75, 3.05) is 0 Å². The number of amides is 1. The zero-order valence-electron chi connectivity index (χ0n) is 13.0. The summed E-state index contributed by atoms with van der Waals surface area (Å²) in [6.07, 6.45) is -0.500. The number of hydrogen-bond donors (Lipinski definition) is 2. The van der Waals surface area contributed by atoms with E-state index in [4.69, 9.17) is 9.47 Å². The van der Waals surface area contributed by atoms with Gasteiger partial charge in [0.05, 0.1) is 5.59 Å². The highest BCUT2D eigenvalue weighted by atomic mass is 16.6. The van der Waals surface area contributed by atoms with Crippen molar-refractivity contribution in [3.05, 3.63) is 35.9 Å². The zero-order chi connectivity index (χ0) is 15.7. The maximum atomic E-state index is 11.9. The molecular formula is C11H18B5NO4. The Balaban J connectivity index is 1.87. The average molecular weight is 282 g/mol. The molecule has 0 bridgehead atoms.